The van der Waals surface area contributed by atoms with Gasteiger partial charge >= 0.3 is 6.03 Å². The molecule has 8 heteroatoms. The van der Waals surface area contributed by atoms with E-state index in [0.717, 1.165) is 18.1 Å². The number of nitrogens with one attached hydrogen (secondary N) is 4. The van der Waals surface area contributed by atoms with E-state index in [2.05, 4.69) is 31.2 Å². The quantitative estimate of drug-likeness (QED) is 0.514. The number of anilines is 3. The van der Waals surface area contributed by atoms with Crippen molar-refractivity contribution in [1.29, 1.82) is 0 Å². The topological polar surface area (TPSA) is 100 Å². The SMILES string of the molecule is CCNc1nc(C)cc(NCCNC(=O)Nc2ccccc2OCC)n1. The van der Waals surface area contributed by atoms with Crippen LogP contribution in [0.2, 0.25) is 0 Å². The first kappa shape index (κ1) is 19.3. The lowest BCUT2D eigenvalue weighted by molar-refractivity contribution is 0.252. The van der Waals surface area contributed by atoms with Crippen LogP contribution in [0.5, 0.6) is 5.75 Å². The smallest absolute Gasteiger partial charge is 0.319 e. The van der Waals surface area contributed by atoms with Crippen LogP contribution in [0.3, 0.4) is 0 Å². The number of rotatable bonds is 9. The summed E-state index contributed by atoms with van der Waals surface area (Å²) < 4.78 is 5.49. The summed E-state index contributed by atoms with van der Waals surface area (Å²) in [6.07, 6.45) is 0. The number of carbonyl (C=O) groups is 1. The average Bonchev–Trinajstić information content (AvgIpc) is 2.60. The molecule has 1 aromatic carbocycles. The fraction of sp³-hybridized carbons (Fsp3) is 0.389. The van der Waals surface area contributed by atoms with Crippen molar-refractivity contribution in [2.24, 2.45) is 0 Å². The Labute approximate surface area is 153 Å². The third kappa shape index (κ3) is 6.12. The highest BCUT2D eigenvalue weighted by Gasteiger charge is 2.06. The molecule has 0 fully saturated rings. The zero-order valence-electron chi connectivity index (χ0n) is 15.4. The molecule has 2 aromatic rings. The zero-order chi connectivity index (χ0) is 18.8. The van der Waals surface area contributed by atoms with Crippen molar-refractivity contribution in [2.75, 3.05) is 42.2 Å². The Balaban J connectivity index is 1.79. The van der Waals surface area contributed by atoms with Crippen LogP contribution < -0.4 is 26.0 Å². The first-order chi connectivity index (χ1) is 12.6. The van der Waals surface area contributed by atoms with Crippen molar-refractivity contribution in [3.8, 4) is 5.75 Å². The number of para-hydroxylation sites is 2. The monoisotopic (exact) mass is 358 g/mol. The Kier molecular flexibility index (Phi) is 7.48. The minimum absolute atomic E-state index is 0.286. The molecule has 8 nitrogen and oxygen atoms in total. The Morgan fingerprint density at radius 3 is 2.69 bits per heavy atom. The van der Waals surface area contributed by atoms with Gasteiger partial charge in [-0.1, -0.05) is 12.1 Å². The number of benzene rings is 1. The molecule has 26 heavy (non-hydrogen) atoms. The highest BCUT2D eigenvalue weighted by molar-refractivity contribution is 5.90. The van der Waals surface area contributed by atoms with Crippen molar-refractivity contribution in [3.05, 3.63) is 36.0 Å². The number of aromatic nitrogens is 2. The lowest BCUT2D eigenvalue weighted by atomic mass is 10.3. The molecule has 0 atom stereocenters. The van der Waals surface area contributed by atoms with Crippen LogP contribution in [0.15, 0.2) is 30.3 Å². The number of amides is 2. The summed E-state index contributed by atoms with van der Waals surface area (Å²) >= 11 is 0. The summed E-state index contributed by atoms with van der Waals surface area (Å²) in [7, 11) is 0. The highest BCUT2D eigenvalue weighted by Crippen LogP contribution is 2.23. The van der Waals surface area contributed by atoms with E-state index in [1.807, 2.05) is 45.0 Å². The molecular weight excluding hydrogens is 332 g/mol. The maximum absolute atomic E-state index is 12.0. The van der Waals surface area contributed by atoms with Crippen molar-refractivity contribution < 1.29 is 9.53 Å². The van der Waals surface area contributed by atoms with E-state index in [-0.39, 0.29) is 6.03 Å². The van der Waals surface area contributed by atoms with Gasteiger partial charge in [0, 0.05) is 31.4 Å². The fourth-order valence-electron chi connectivity index (χ4n) is 2.28. The van der Waals surface area contributed by atoms with Crippen LogP contribution in [-0.2, 0) is 0 Å². The van der Waals surface area contributed by atoms with E-state index in [1.54, 1.807) is 6.07 Å². The van der Waals surface area contributed by atoms with Gasteiger partial charge in [0.1, 0.15) is 11.6 Å². The minimum Gasteiger partial charge on any atom is -0.492 e. The van der Waals surface area contributed by atoms with E-state index >= 15 is 0 Å². The van der Waals surface area contributed by atoms with Crippen LogP contribution in [0.4, 0.5) is 22.2 Å². The normalized spacial score (nSPS) is 10.1. The predicted octanol–water partition coefficient (Wildman–Crippen LogP) is 2.85. The van der Waals surface area contributed by atoms with Gasteiger partial charge in [0.25, 0.3) is 0 Å². The molecule has 0 saturated heterocycles. The zero-order valence-corrected chi connectivity index (χ0v) is 15.4. The van der Waals surface area contributed by atoms with E-state index in [0.29, 0.717) is 37.1 Å². The van der Waals surface area contributed by atoms with E-state index in [1.165, 1.54) is 0 Å². The number of urea groups is 1. The first-order valence-electron chi connectivity index (χ1n) is 8.72. The second kappa shape index (κ2) is 10.1. The molecule has 0 unspecified atom stereocenters. The molecule has 1 aromatic heterocycles. The highest BCUT2D eigenvalue weighted by atomic mass is 16.5. The van der Waals surface area contributed by atoms with Gasteiger partial charge in [-0.05, 0) is 32.9 Å². The van der Waals surface area contributed by atoms with Gasteiger partial charge in [-0.3, -0.25) is 0 Å². The number of aryl methyl sites for hydroxylation is 1. The number of nitrogens with zero attached hydrogens (tertiary/aromatic N) is 2. The second-order valence-electron chi connectivity index (χ2n) is 5.49. The molecule has 0 aliphatic heterocycles. The molecule has 140 valence electrons. The summed E-state index contributed by atoms with van der Waals surface area (Å²) in [5.41, 5.74) is 1.51. The van der Waals surface area contributed by atoms with Crippen molar-refractivity contribution in [1.82, 2.24) is 15.3 Å². The van der Waals surface area contributed by atoms with Crippen LogP contribution in [0.1, 0.15) is 19.5 Å². The summed E-state index contributed by atoms with van der Waals surface area (Å²) in [5.74, 6) is 1.96. The molecule has 0 spiro atoms. The number of hydrogen-bond donors (Lipinski definition) is 4. The number of carbonyl (C=O) groups excluding carboxylic acids is 1. The maximum atomic E-state index is 12.0. The molecular formula is C18H26N6O2. The molecule has 0 saturated carbocycles. The van der Waals surface area contributed by atoms with Gasteiger partial charge in [-0.2, -0.15) is 4.98 Å². The van der Waals surface area contributed by atoms with Gasteiger partial charge in [0.2, 0.25) is 5.95 Å². The largest absolute Gasteiger partial charge is 0.492 e. The summed E-state index contributed by atoms with van der Waals surface area (Å²) in [6, 6.07) is 8.90. The lowest BCUT2D eigenvalue weighted by Crippen LogP contribution is -2.32. The Bertz CT molecular complexity index is 723. The molecule has 2 rings (SSSR count). The van der Waals surface area contributed by atoms with Crippen molar-refractivity contribution in [2.45, 2.75) is 20.8 Å². The number of hydrogen-bond acceptors (Lipinski definition) is 6. The molecule has 0 aliphatic carbocycles. The van der Waals surface area contributed by atoms with Gasteiger partial charge in [-0.25, -0.2) is 9.78 Å². The lowest BCUT2D eigenvalue weighted by Gasteiger charge is -2.12. The minimum atomic E-state index is -0.286. The molecule has 0 bridgehead atoms. The first-order valence-corrected chi connectivity index (χ1v) is 8.72. The molecule has 1 heterocycles. The summed E-state index contributed by atoms with van der Waals surface area (Å²) in [5, 5.41) is 11.9. The molecule has 0 aliphatic rings. The fourth-order valence-corrected chi connectivity index (χ4v) is 2.28. The summed E-state index contributed by atoms with van der Waals surface area (Å²) in [4.78, 5) is 20.7. The van der Waals surface area contributed by atoms with Gasteiger partial charge in [0.05, 0.1) is 12.3 Å². The van der Waals surface area contributed by atoms with Gasteiger partial charge in [-0.15, -0.1) is 0 Å². The van der Waals surface area contributed by atoms with Gasteiger partial charge in [0.15, 0.2) is 0 Å². The standard InChI is InChI=1S/C18H26N6O2/c1-4-19-17-22-13(3)12-16(24-17)20-10-11-21-18(25)23-14-8-6-7-9-15(14)26-5-2/h6-9,12H,4-5,10-11H2,1-3H3,(H2,21,23,25)(H2,19,20,22,24). The van der Waals surface area contributed by atoms with Crippen LogP contribution in [0.25, 0.3) is 0 Å². The Morgan fingerprint density at radius 1 is 1.12 bits per heavy atom. The van der Waals surface area contributed by atoms with Crippen molar-refractivity contribution >= 4 is 23.5 Å². The van der Waals surface area contributed by atoms with Crippen molar-refractivity contribution in [3.63, 3.8) is 0 Å². The van der Waals surface area contributed by atoms with Crippen LogP contribution in [-0.4, -0.2) is 42.2 Å². The van der Waals surface area contributed by atoms with E-state index < -0.39 is 0 Å². The third-order valence-corrected chi connectivity index (χ3v) is 3.34. The molecule has 2 amide bonds. The van der Waals surface area contributed by atoms with E-state index in [9.17, 15) is 4.79 Å². The number of ether oxygens (including phenoxy) is 1. The Morgan fingerprint density at radius 2 is 1.92 bits per heavy atom. The van der Waals surface area contributed by atoms with Crippen LogP contribution >= 0.6 is 0 Å². The third-order valence-electron chi connectivity index (χ3n) is 3.34. The predicted molar refractivity (Wildman–Crippen MR) is 104 cm³/mol. The van der Waals surface area contributed by atoms with Crippen LogP contribution in [0, 0.1) is 6.92 Å². The molecule has 0 radical (unpaired) electrons. The Hall–Kier alpha value is -3.03. The van der Waals surface area contributed by atoms with E-state index in [4.69, 9.17) is 4.74 Å². The maximum Gasteiger partial charge on any atom is 0.319 e. The summed E-state index contributed by atoms with van der Waals surface area (Å²) in [6.45, 7) is 8.09. The second-order valence-corrected chi connectivity index (χ2v) is 5.49. The average molecular weight is 358 g/mol. The molecule has 4 N–H and O–H groups in total. The van der Waals surface area contributed by atoms with Gasteiger partial charge < -0.3 is 26.0 Å².